The van der Waals surface area contributed by atoms with Gasteiger partial charge in [0.05, 0.1) is 11.6 Å². The van der Waals surface area contributed by atoms with Crippen molar-refractivity contribution in [2.75, 3.05) is 0 Å². The van der Waals surface area contributed by atoms with Gasteiger partial charge in [0.15, 0.2) is 0 Å². The minimum absolute atomic E-state index is 0.353. The average molecular weight is 165 g/mol. The highest BCUT2D eigenvalue weighted by Crippen LogP contribution is 2.01. The first-order chi connectivity index (χ1) is 5.72. The number of rotatable bonds is 2. The molecule has 0 aromatic carbocycles. The number of carbonyl (C=O) groups excluding carboxylic acids is 1. The molecule has 1 aliphatic heterocycles. The Morgan fingerprint density at radius 1 is 1.67 bits per heavy atom. The number of allylic oxidation sites excluding steroid dienone is 3. The van der Waals surface area contributed by atoms with E-state index in [1.807, 2.05) is 0 Å². The van der Waals surface area contributed by atoms with Gasteiger partial charge in [-0.25, -0.2) is 0 Å². The number of hydrazone groups is 1. The summed E-state index contributed by atoms with van der Waals surface area (Å²) in [5, 5.41) is 3.94. The van der Waals surface area contributed by atoms with E-state index < -0.39 is 0 Å². The van der Waals surface area contributed by atoms with Gasteiger partial charge in [-0.1, -0.05) is 6.08 Å². The molecule has 0 radical (unpaired) electrons. The summed E-state index contributed by atoms with van der Waals surface area (Å²) in [4.78, 5) is 10.8. The first kappa shape index (κ1) is 8.52. The molecule has 0 fully saturated rings. The molecule has 64 valence electrons. The Morgan fingerprint density at radius 3 is 3.08 bits per heavy atom. The zero-order valence-electron chi connectivity index (χ0n) is 6.82. The van der Waals surface area contributed by atoms with Crippen LogP contribution in [0.15, 0.2) is 29.5 Å². The lowest BCUT2D eigenvalue weighted by molar-refractivity contribution is -0.119. The fraction of sp³-hybridized carbons (Fsp3) is 0.250. The van der Waals surface area contributed by atoms with Crippen LogP contribution in [0, 0.1) is 5.92 Å². The molecule has 1 rings (SSSR count). The number of nitrogens with two attached hydrogens (primary N) is 1. The van der Waals surface area contributed by atoms with Crippen LogP contribution in [0.2, 0.25) is 0 Å². The molecule has 4 nitrogen and oxygen atoms in total. The van der Waals surface area contributed by atoms with Crippen molar-refractivity contribution >= 4 is 11.6 Å². The number of hydrogen-bond donors (Lipinski definition) is 2. The number of primary amides is 1. The third-order valence-electron chi connectivity index (χ3n) is 1.61. The molecule has 0 bridgehead atoms. The summed E-state index contributed by atoms with van der Waals surface area (Å²) in [7, 11) is 0. The van der Waals surface area contributed by atoms with Crippen LogP contribution in [0.3, 0.4) is 0 Å². The summed E-state index contributed by atoms with van der Waals surface area (Å²) in [6.07, 6.45) is 7.03. The van der Waals surface area contributed by atoms with E-state index in [0.717, 1.165) is 0 Å². The van der Waals surface area contributed by atoms with Crippen LogP contribution >= 0.6 is 0 Å². The lowest BCUT2D eigenvalue weighted by Gasteiger charge is -2.05. The summed E-state index contributed by atoms with van der Waals surface area (Å²) in [6.45, 7) is 1.72. The lowest BCUT2D eigenvalue weighted by atomic mass is 10.1. The van der Waals surface area contributed by atoms with E-state index in [1.54, 1.807) is 31.4 Å². The number of amides is 1. The molecular formula is C8H11N3O. The topological polar surface area (TPSA) is 67.5 Å². The van der Waals surface area contributed by atoms with E-state index in [1.165, 1.54) is 0 Å². The van der Waals surface area contributed by atoms with Gasteiger partial charge >= 0.3 is 0 Å². The Kier molecular flexibility index (Phi) is 2.63. The normalized spacial score (nSPS) is 17.6. The smallest absolute Gasteiger partial charge is 0.226 e. The van der Waals surface area contributed by atoms with Gasteiger partial charge in [0.25, 0.3) is 0 Å². The Labute approximate surface area is 70.8 Å². The highest BCUT2D eigenvalue weighted by atomic mass is 16.1. The number of carbonyl (C=O) groups is 1. The molecule has 3 N–H and O–H groups in total. The maximum atomic E-state index is 10.8. The maximum absolute atomic E-state index is 10.8. The molecule has 1 heterocycles. The van der Waals surface area contributed by atoms with Crippen LogP contribution in [-0.2, 0) is 4.79 Å². The molecule has 0 saturated carbocycles. The molecule has 0 aliphatic carbocycles. The minimum atomic E-state index is -0.373. The molecule has 1 aliphatic rings. The molecule has 1 atom stereocenters. The van der Waals surface area contributed by atoms with E-state index in [0.29, 0.717) is 5.71 Å². The van der Waals surface area contributed by atoms with E-state index in [2.05, 4.69) is 10.5 Å². The van der Waals surface area contributed by atoms with E-state index in [-0.39, 0.29) is 11.8 Å². The van der Waals surface area contributed by atoms with Crippen molar-refractivity contribution in [1.29, 1.82) is 0 Å². The second-order valence-corrected chi connectivity index (χ2v) is 2.51. The van der Waals surface area contributed by atoms with E-state index >= 15 is 0 Å². The minimum Gasteiger partial charge on any atom is -0.369 e. The molecule has 0 aromatic rings. The van der Waals surface area contributed by atoms with Crippen LogP contribution < -0.4 is 11.2 Å². The summed E-state index contributed by atoms with van der Waals surface area (Å²) < 4.78 is 0. The van der Waals surface area contributed by atoms with Gasteiger partial charge in [-0.2, -0.15) is 5.10 Å². The Hall–Kier alpha value is -1.58. The molecule has 12 heavy (non-hydrogen) atoms. The van der Waals surface area contributed by atoms with Gasteiger partial charge in [0, 0.05) is 6.20 Å². The first-order valence-corrected chi connectivity index (χ1v) is 3.67. The Morgan fingerprint density at radius 2 is 2.42 bits per heavy atom. The van der Waals surface area contributed by atoms with Crippen molar-refractivity contribution in [3.8, 4) is 0 Å². The quantitative estimate of drug-likeness (QED) is 0.611. The monoisotopic (exact) mass is 165 g/mol. The van der Waals surface area contributed by atoms with Crippen molar-refractivity contribution in [1.82, 2.24) is 5.43 Å². The maximum Gasteiger partial charge on any atom is 0.226 e. The van der Waals surface area contributed by atoms with E-state index in [4.69, 9.17) is 5.73 Å². The van der Waals surface area contributed by atoms with Crippen molar-refractivity contribution in [3.63, 3.8) is 0 Å². The highest BCUT2D eigenvalue weighted by Gasteiger charge is 2.13. The van der Waals surface area contributed by atoms with Crippen molar-refractivity contribution in [2.24, 2.45) is 16.8 Å². The van der Waals surface area contributed by atoms with Crippen LogP contribution in [0.5, 0.6) is 0 Å². The van der Waals surface area contributed by atoms with Gasteiger partial charge in [0.2, 0.25) is 5.91 Å². The van der Waals surface area contributed by atoms with E-state index in [9.17, 15) is 4.79 Å². The predicted octanol–water partition coefficient (Wildman–Crippen LogP) is 0.137. The Bertz CT molecular complexity index is 265. The van der Waals surface area contributed by atoms with Crippen LogP contribution in [0.25, 0.3) is 0 Å². The predicted molar refractivity (Wildman–Crippen MR) is 47.2 cm³/mol. The van der Waals surface area contributed by atoms with Crippen LogP contribution in [0.1, 0.15) is 6.92 Å². The summed E-state index contributed by atoms with van der Waals surface area (Å²) in [5.74, 6) is -0.726. The molecule has 0 aromatic heterocycles. The molecule has 1 amide bonds. The van der Waals surface area contributed by atoms with Crippen LogP contribution in [0.4, 0.5) is 0 Å². The summed E-state index contributed by atoms with van der Waals surface area (Å²) >= 11 is 0. The van der Waals surface area contributed by atoms with Crippen LogP contribution in [-0.4, -0.2) is 11.6 Å². The largest absolute Gasteiger partial charge is 0.369 e. The summed E-state index contributed by atoms with van der Waals surface area (Å²) in [6, 6.07) is 0. The summed E-state index contributed by atoms with van der Waals surface area (Å²) in [5.41, 5.74) is 8.43. The second kappa shape index (κ2) is 3.71. The van der Waals surface area contributed by atoms with Gasteiger partial charge in [-0.3, -0.25) is 10.2 Å². The van der Waals surface area contributed by atoms with Gasteiger partial charge < -0.3 is 5.73 Å². The first-order valence-electron chi connectivity index (χ1n) is 3.67. The van der Waals surface area contributed by atoms with Crippen molar-refractivity contribution < 1.29 is 4.79 Å². The standard InChI is InChI=1S/C8H11N3O/c1-6(8(9)12)7-4-2-3-5-10-11-7/h2-6,10H,1H3,(H2,9,12). The fourth-order valence-corrected chi connectivity index (χ4v) is 0.789. The number of nitrogens with one attached hydrogen (secondary N) is 1. The SMILES string of the molecule is CC(C(N)=O)C1=NNC=CC=C1. The highest BCUT2D eigenvalue weighted by molar-refractivity contribution is 6.09. The third kappa shape index (κ3) is 1.95. The van der Waals surface area contributed by atoms with Gasteiger partial charge in [-0.15, -0.1) is 0 Å². The molecule has 0 spiro atoms. The van der Waals surface area contributed by atoms with Gasteiger partial charge in [0.1, 0.15) is 0 Å². The molecule has 4 heteroatoms. The third-order valence-corrected chi connectivity index (χ3v) is 1.61. The number of hydrogen-bond acceptors (Lipinski definition) is 3. The number of nitrogens with zero attached hydrogens (tertiary/aromatic N) is 1. The lowest BCUT2D eigenvalue weighted by Crippen LogP contribution is -2.27. The average Bonchev–Trinajstić information content (AvgIpc) is 2.30. The van der Waals surface area contributed by atoms with Crippen molar-refractivity contribution in [2.45, 2.75) is 6.92 Å². The van der Waals surface area contributed by atoms with Gasteiger partial charge in [-0.05, 0) is 19.1 Å². The second-order valence-electron chi connectivity index (χ2n) is 2.51. The fourth-order valence-electron chi connectivity index (χ4n) is 0.789. The molecule has 0 saturated heterocycles. The Balaban J connectivity index is 2.75. The molecular weight excluding hydrogens is 154 g/mol. The zero-order chi connectivity index (χ0) is 8.97. The van der Waals surface area contributed by atoms with Crippen molar-refractivity contribution in [3.05, 3.63) is 24.4 Å². The molecule has 1 unspecified atom stereocenters. The zero-order valence-corrected chi connectivity index (χ0v) is 6.82.